The molecule has 0 radical (unpaired) electrons. The van der Waals surface area contributed by atoms with E-state index in [0.29, 0.717) is 67.9 Å². The van der Waals surface area contributed by atoms with Crippen LogP contribution < -0.4 is 26.2 Å². The summed E-state index contributed by atoms with van der Waals surface area (Å²) in [4.78, 5) is 67.8. The molecule has 0 aliphatic carbocycles. The molecule has 2 aromatic carbocycles. The van der Waals surface area contributed by atoms with Crippen molar-refractivity contribution in [2.45, 2.75) is 97.8 Å². The number of rotatable bonds is 23. The van der Waals surface area contributed by atoms with Crippen molar-refractivity contribution in [1.29, 1.82) is 0 Å². The molecule has 20 heteroatoms. The second-order valence-electron chi connectivity index (χ2n) is 17.0. The molecule has 0 atom stereocenters. The van der Waals surface area contributed by atoms with Gasteiger partial charge in [-0.2, -0.15) is 21.4 Å². The lowest BCUT2D eigenvalue weighted by atomic mass is 9.78. The predicted octanol–water partition coefficient (Wildman–Crippen LogP) is 4.48. The number of aliphatic carboxylic acids is 1. The second-order valence-corrected chi connectivity index (χ2v) is 20.2. The van der Waals surface area contributed by atoms with Crippen molar-refractivity contribution in [1.82, 2.24) is 21.3 Å². The van der Waals surface area contributed by atoms with Gasteiger partial charge in [0.2, 0.25) is 5.69 Å². The molecule has 4 amide bonds. The van der Waals surface area contributed by atoms with Crippen molar-refractivity contribution in [2.24, 2.45) is 0 Å². The first kappa shape index (κ1) is 52.2. The van der Waals surface area contributed by atoms with Gasteiger partial charge in [0.1, 0.15) is 6.54 Å². The van der Waals surface area contributed by atoms with Gasteiger partial charge in [-0.25, -0.2) is 0 Å². The maximum absolute atomic E-state index is 13.9. The lowest BCUT2D eigenvalue weighted by Gasteiger charge is -2.27. The van der Waals surface area contributed by atoms with E-state index in [1.54, 1.807) is 26.0 Å². The van der Waals surface area contributed by atoms with E-state index in [1.807, 2.05) is 57.7 Å². The molecule has 0 unspecified atom stereocenters. The first-order valence-electron chi connectivity index (χ1n) is 21.8. The summed E-state index contributed by atoms with van der Waals surface area (Å²) in [6.07, 6.45) is 8.84. The van der Waals surface area contributed by atoms with E-state index in [4.69, 9.17) is 0 Å². The van der Waals surface area contributed by atoms with Crippen LogP contribution in [0.1, 0.15) is 140 Å². The topological polar surface area (TPSA) is 269 Å². The van der Waals surface area contributed by atoms with Crippen molar-refractivity contribution in [3.63, 3.8) is 0 Å². The van der Waals surface area contributed by atoms with Gasteiger partial charge in [-0.3, -0.25) is 33.1 Å². The normalized spacial score (nSPS) is 15.8. The molecule has 0 saturated carbocycles. The zero-order chi connectivity index (χ0) is 48.5. The zero-order valence-electron chi connectivity index (χ0n) is 38.2. The maximum atomic E-state index is 13.9. The van der Waals surface area contributed by atoms with Crippen LogP contribution in [-0.4, -0.2) is 122 Å². The summed E-state index contributed by atoms with van der Waals surface area (Å²) in [6, 6.07) is 6.33. The van der Waals surface area contributed by atoms with E-state index >= 15 is 0 Å². The molecule has 0 bridgehead atoms. The molecule has 65 heavy (non-hydrogen) atoms. The molecule has 2 aliphatic rings. The SMILES string of the molecule is CCCC[N+]1=C(/C=C/C=C2/N(CCCCCC(=O)O)c3cc(C(=O)NCCS(=O)(=O)O)cc(C(=O)NCC)c3C2(C)C)C(C)(C)c2c(C(=O)NCCS(=O)(=O)O)cc(C(=O)NCC)cc21. The average molecular weight is 944 g/mol. The van der Waals surface area contributed by atoms with Crippen LogP contribution in [0, 0.1) is 0 Å². The highest BCUT2D eigenvalue weighted by Crippen LogP contribution is 2.50. The summed E-state index contributed by atoms with van der Waals surface area (Å²) in [6.45, 7) is 14.2. The number of unbranched alkanes of at least 4 members (excludes halogenated alkanes) is 3. The predicted molar refractivity (Wildman–Crippen MR) is 248 cm³/mol. The maximum Gasteiger partial charge on any atom is 0.303 e. The summed E-state index contributed by atoms with van der Waals surface area (Å²) in [7, 11) is -8.73. The Morgan fingerprint density at radius 1 is 0.692 bits per heavy atom. The Bertz CT molecular complexity index is 2510. The number of nitrogens with zero attached hydrogens (tertiary/aromatic N) is 2. The Kier molecular flexibility index (Phi) is 17.4. The van der Waals surface area contributed by atoms with Gasteiger partial charge in [0, 0.05) is 96.8 Å². The van der Waals surface area contributed by atoms with Gasteiger partial charge in [-0.1, -0.05) is 39.7 Å². The molecule has 0 saturated heterocycles. The third-order valence-corrected chi connectivity index (χ3v) is 12.9. The Labute approximate surface area is 381 Å². The quantitative estimate of drug-likeness (QED) is 0.0461. The number of nitrogens with one attached hydrogen (secondary N) is 4. The number of hydrogen-bond donors (Lipinski definition) is 7. The lowest BCUT2D eigenvalue weighted by molar-refractivity contribution is -0.438. The minimum Gasteiger partial charge on any atom is -0.481 e. The largest absolute Gasteiger partial charge is 0.481 e. The number of carbonyl (C=O) groups is 5. The van der Waals surface area contributed by atoms with Crippen LogP contribution in [0.3, 0.4) is 0 Å². The monoisotopic (exact) mass is 943 g/mol. The minimum absolute atomic E-state index is 0.00718. The average Bonchev–Trinajstić information content (AvgIpc) is 3.55. The van der Waals surface area contributed by atoms with Gasteiger partial charge in [0.15, 0.2) is 5.71 Å². The van der Waals surface area contributed by atoms with Gasteiger partial charge in [-0.15, -0.1) is 0 Å². The Morgan fingerprint density at radius 3 is 1.80 bits per heavy atom. The molecule has 2 aliphatic heterocycles. The number of hydrogen-bond acceptors (Lipinski definition) is 10. The van der Waals surface area contributed by atoms with Crippen LogP contribution in [0.2, 0.25) is 0 Å². The van der Waals surface area contributed by atoms with E-state index < -0.39 is 72.2 Å². The second kappa shape index (κ2) is 21.7. The van der Waals surface area contributed by atoms with Crippen LogP contribution in [-0.2, 0) is 35.9 Å². The number of fused-ring (bicyclic) bond motifs is 2. The van der Waals surface area contributed by atoms with E-state index in [-0.39, 0.29) is 41.8 Å². The van der Waals surface area contributed by atoms with E-state index in [0.717, 1.165) is 24.3 Å². The number of carboxylic acids is 1. The van der Waals surface area contributed by atoms with Crippen LogP contribution in [0.4, 0.5) is 11.4 Å². The number of allylic oxidation sites excluding steroid dienone is 4. The zero-order valence-corrected chi connectivity index (χ0v) is 39.8. The number of benzene rings is 2. The van der Waals surface area contributed by atoms with Gasteiger partial charge in [-0.05, 0) is 64.8 Å². The smallest absolute Gasteiger partial charge is 0.303 e. The molecular formula is C45H63N6O12S2+. The highest BCUT2D eigenvalue weighted by molar-refractivity contribution is 7.86. The van der Waals surface area contributed by atoms with Crippen molar-refractivity contribution in [2.75, 3.05) is 55.7 Å². The van der Waals surface area contributed by atoms with Crippen LogP contribution >= 0.6 is 0 Å². The van der Waals surface area contributed by atoms with Crippen LogP contribution in [0.15, 0.2) is 48.2 Å². The molecule has 0 spiro atoms. The highest BCUT2D eigenvalue weighted by atomic mass is 32.2. The van der Waals surface area contributed by atoms with Crippen molar-refractivity contribution in [3.8, 4) is 0 Å². The molecule has 18 nitrogen and oxygen atoms in total. The molecule has 7 N–H and O–H groups in total. The summed E-state index contributed by atoms with van der Waals surface area (Å²) < 4.78 is 66.4. The number of carboxylic acid groups (broad SMARTS) is 1. The Morgan fingerprint density at radius 2 is 1.23 bits per heavy atom. The standard InChI is InChI=1S/C45H62N6O12S2/c1-8-11-21-50-33-27-29(40(54)46-9-2)25-32(43(57)49-20-24-65(61,62)63)39(33)44(4,5)35(50)16-15-17-36-45(6,7)38-31(42(56)47-10-3)26-30(41(55)48-19-23-64(58,59)60)28-34(38)51(36)22-14-12-13-18-37(52)53/h15-17,25-28H,8-14,18-24H2,1-7H3,(H6-,46,47,48,49,52,53,54,55,56,57,58,59,60,61,62,63)/p+1. The van der Waals surface area contributed by atoms with Crippen molar-refractivity contribution in [3.05, 3.63) is 81.6 Å². The van der Waals surface area contributed by atoms with E-state index in [9.17, 15) is 55.0 Å². The van der Waals surface area contributed by atoms with Crippen molar-refractivity contribution < 1.29 is 59.6 Å². The fourth-order valence-corrected chi connectivity index (χ4v) is 9.17. The third-order valence-electron chi connectivity index (χ3n) is 11.4. The summed E-state index contributed by atoms with van der Waals surface area (Å²) >= 11 is 0. The van der Waals surface area contributed by atoms with Crippen LogP contribution in [0.5, 0.6) is 0 Å². The van der Waals surface area contributed by atoms with E-state index in [1.165, 1.54) is 12.1 Å². The Hall–Kier alpha value is -5.44. The summed E-state index contributed by atoms with van der Waals surface area (Å²) in [5.74, 6) is -4.43. The molecule has 0 aromatic heterocycles. The fraction of sp³-hybridized carbons (Fsp3) is 0.511. The first-order chi connectivity index (χ1) is 30.4. The van der Waals surface area contributed by atoms with Crippen molar-refractivity contribution >= 4 is 66.9 Å². The summed E-state index contributed by atoms with van der Waals surface area (Å²) in [5, 5.41) is 20.0. The minimum atomic E-state index is -4.37. The van der Waals surface area contributed by atoms with Gasteiger partial charge >= 0.3 is 5.97 Å². The number of anilines is 1. The third kappa shape index (κ3) is 12.9. The first-order valence-corrected chi connectivity index (χ1v) is 25.0. The van der Waals surface area contributed by atoms with E-state index in [2.05, 4.69) is 25.8 Å². The molecule has 2 aromatic rings. The molecule has 2 heterocycles. The molecule has 356 valence electrons. The van der Waals surface area contributed by atoms with Gasteiger partial charge in [0.05, 0.1) is 28.0 Å². The highest BCUT2D eigenvalue weighted by Gasteiger charge is 2.48. The van der Waals surface area contributed by atoms with Crippen LogP contribution in [0.25, 0.3) is 0 Å². The lowest BCUT2D eigenvalue weighted by Crippen LogP contribution is -2.33. The van der Waals surface area contributed by atoms with Gasteiger partial charge < -0.3 is 31.3 Å². The molecule has 0 fully saturated rings. The number of amides is 4. The number of carbonyl (C=O) groups excluding carboxylic acids is 4. The molecular weight excluding hydrogens is 881 g/mol. The fourth-order valence-electron chi connectivity index (χ4n) is 8.45. The van der Waals surface area contributed by atoms with Gasteiger partial charge in [0.25, 0.3) is 43.9 Å². The Balaban J connectivity index is 1.92. The summed E-state index contributed by atoms with van der Waals surface area (Å²) in [5.41, 5.74) is 3.00. The molecule has 4 rings (SSSR count).